The van der Waals surface area contributed by atoms with Crippen LogP contribution in [-0.2, 0) is 15.0 Å². The van der Waals surface area contributed by atoms with Crippen molar-refractivity contribution in [3.63, 3.8) is 0 Å². The lowest BCUT2D eigenvalue weighted by molar-refractivity contribution is -0.138. The van der Waals surface area contributed by atoms with Crippen LogP contribution in [0.4, 0.5) is 18.9 Å². The highest BCUT2D eigenvalue weighted by Gasteiger charge is 2.52. The van der Waals surface area contributed by atoms with E-state index >= 15 is 0 Å². The normalized spacial score (nSPS) is 21.3. The van der Waals surface area contributed by atoms with Crippen LogP contribution in [0.1, 0.15) is 41.6 Å². The fourth-order valence-electron chi connectivity index (χ4n) is 4.98. The van der Waals surface area contributed by atoms with E-state index in [1.165, 1.54) is 18.1 Å². The van der Waals surface area contributed by atoms with Crippen LogP contribution in [0.25, 0.3) is 0 Å². The number of benzene rings is 2. The number of alkyl halides is 3. The van der Waals surface area contributed by atoms with Gasteiger partial charge in [-0.2, -0.15) is 13.2 Å². The van der Waals surface area contributed by atoms with Gasteiger partial charge in [-0.3, -0.25) is 14.4 Å². The highest BCUT2D eigenvalue weighted by molar-refractivity contribution is 6.10. The largest absolute Gasteiger partial charge is 0.496 e. The molecule has 2 aromatic carbocycles. The van der Waals surface area contributed by atoms with Gasteiger partial charge in [0.15, 0.2) is 0 Å². The van der Waals surface area contributed by atoms with Crippen molar-refractivity contribution in [3.8, 4) is 11.5 Å². The standard InChI is InChI=1S/C25H26F3N3O5/c1-35-20-7-6-16(12-17(20)22(29)33)36-15-8-10-24(11-9-15)18-4-2-3-5-19(18)31(23(24)34)13-21(32)30-14-25(26,27)28/h2-7,12,15H,8-11,13-14H2,1H3,(H2,29,33)(H,30,32). The van der Waals surface area contributed by atoms with Gasteiger partial charge in [0.2, 0.25) is 11.8 Å². The van der Waals surface area contributed by atoms with E-state index in [1.807, 2.05) is 11.4 Å². The minimum Gasteiger partial charge on any atom is -0.496 e. The predicted octanol–water partition coefficient (Wildman–Crippen LogP) is 3.08. The van der Waals surface area contributed by atoms with Crippen LogP contribution in [0.2, 0.25) is 0 Å². The first kappa shape index (κ1) is 25.3. The molecule has 1 aliphatic carbocycles. The number of para-hydroxylation sites is 1. The Hall–Kier alpha value is -3.76. The monoisotopic (exact) mass is 505 g/mol. The third-order valence-electron chi connectivity index (χ3n) is 6.68. The Labute approximate surface area is 205 Å². The maximum absolute atomic E-state index is 13.5. The van der Waals surface area contributed by atoms with E-state index in [-0.39, 0.29) is 17.6 Å². The third-order valence-corrected chi connectivity index (χ3v) is 6.68. The summed E-state index contributed by atoms with van der Waals surface area (Å²) in [5, 5.41) is 1.83. The van der Waals surface area contributed by atoms with Gasteiger partial charge in [0.05, 0.1) is 24.2 Å². The number of nitrogens with zero attached hydrogens (tertiary/aromatic N) is 1. The average molecular weight is 505 g/mol. The van der Waals surface area contributed by atoms with E-state index < -0.39 is 36.5 Å². The number of nitrogens with two attached hydrogens (primary N) is 1. The topological polar surface area (TPSA) is 111 Å². The smallest absolute Gasteiger partial charge is 0.405 e. The van der Waals surface area contributed by atoms with Crippen LogP contribution in [-0.4, -0.2) is 50.2 Å². The Kier molecular flexibility index (Phi) is 6.83. The molecule has 1 fully saturated rings. The van der Waals surface area contributed by atoms with Crippen molar-refractivity contribution < 1.29 is 37.0 Å². The van der Waals surface area contributed by atoms with Crippen molar-refractivity contribution in [3.05, 3.63) is 53.6 Å². The summed E-state index contributed by atoms with van der Waals surface area (Å²) >= 11 is 0. The Morgan fingerprint density at radius 1 is 1.17 bits per heavy atom. The van der Waals surface area contributed by atoms with Gasteiger partial charge in [-0.1, -0.05) is 18.2 Å². The minimum absolute atomic E-state index is 0.196. The van der Waals surface area contributed by atoms with Crippen molar-refractivity contribution in [2.45, 2.75) is 43.4 Å². The lowest BCUT2D eigenvalue weighted by Crippen LogP contribution is -2.48. The average Bonchev–Trinajstić information content (AvgIpc) is 3.06. The van der Waals surface area contributed by atoms with Crippen LogP contribution in [0.3, 0.4) is 0 Å². The number of ether oxygens (including phenoxy) is 2. The number of carbonyl (C=O) groups is 3. The second kappa shape index (κ2) is 9.71. The van der Waals surface area contributed by atoms with Crippen molar-refractivity contribution in [1.82, 2.24) is 5.32 Å². The maximum Gasteiger partial charge on any atom is 0.405 e. The fraction of sp³-hybridized carbons (Fsp3) is 0.400. The number of hydrogen-bond donors (Lipinski definition) is 2. The second-order valence-corrected chi connectivity index (χ2v) is 8.93. The van der Waals surface area contributed by atoms with Crippen LogP contribution in [0, 0.1) is 0 Å². The van der Waals surface area contributed by atoms with E-state index in [0.29, 0.717) is 42.9 Å². The lowest BCUT2D eigenvalue weighted by atomic mass is 9.69. The number of hydrogen-bond acceptors (Lipinski definition) is 5. The number of anilines is 1. The molecule has 2 aliphatic rings. The Morgan fingerprint density at radius 3 is 2.50 bits per heavy atom. The molecule has 3 N–H and O–H groups in total. The molecule has 0 atom stereocenters. The van der Waals surface area contributed by atoms with Gasteiger partial charge in [-0.25, -0.2) is 0 Å². The van der Waals surface area contributed by atoms with Gasteiger partial charge in [-0.05, 0) is 55.5 Å². The van der Waals surface area contributed by atoms with Crippen molar-refractivity contribution in [1.29, 1.82) is 0 Å². The maximum atomic E-state index is 13.5. The lowest BCUT2D eigenvalue weighted by Gasteiger charge is -2.36. The molecule has 0 radical (unpaired) electrons. The van der Waals surface area contributed by atoms with Gasteiger partial charge in [0.1, 0.15) is 24.6 Å². The quantitative estimate of drug-likeness (QED) is 0.601. The fourth-order valence-corrected chi connectivity index (χ4v) is 4.98. The molecule has 11 heteroatoms. The molecule has 192 valence electrons. The van der Waals surface area contributed by atoms with E-state index in [9.17, 15) is 27.6 Å². The van der Waals surface area contributed by atoms with Crippen LogP contribution in [0.15, 0.2) is 42.5 Å². The first-order chi connectivity index (χ1) is 17.0. The summed E-state index contributed by atoms with van der Waals surface area (Å²) in [4.78, 5) is 38.7. The van der Waals surface area contributed by atoms with Crippen molar-refractivity contribution >= 4 is 23.4 Å². The molecule has 1 aliphatic heterocycles. The molecule has 8 nitrogen and oxygen atoms in total. The molecule has 3 amide bonds. The summed E-state index contributed by atoms with van der Waals surface area (Å²) in [5.74, 6) is -1.04. The molecule has 0 unspecified atom stereocenters. The number of primary amides is 1. The number of methoxy groups -OCH3 is 1. The van der Waals surface area contributed by atoms with Gasteiger partial charge in [-0.15, -0.1) is 0 Å². The van der Waals surface area contributed by atoms with Crippen molar-refractivity contribution in [2.75, 3.05) is 25.1 Å². The van der Waals surface area contributed by atoms with Crippen molar-refractivity contribution in [2.24, 2.45) is 5.73 Å². The summed E-state index contributed by atoms with van der Waals surface area (Å²) < 4.78 is 48.7. The number of rotatable bonds is 7. The first-order valence-corrected chi connectivity index (χ1v) is 11.4. The first-order valence-electron chi connectivity index (χ1n) is 11.4. The van der Waals surface area contributed by atoms with Gasteiger partial charge in [0.25, 0.3) is 5.91 Å². The predicted molar refractivity (Wildman–Crippen MR) is 124 cm³/mol. The highest BCUT2D eigenvalue weighted by atomic mass is 19.4. The van der Waals surface area contributed by atoms with E-state index in [4.69, 9.17) is 15.2 Å². The highest BCUT2D eigenvalue weighted by Crippen LogP contribution is 2.50. The second-order valence-electron chi connectivity index (χ2n) is 8.93. The van der Waals surface area contributed by atoms with Crippen LogP contribution in [0.5, 0.6) is 11.5 Å². The molecule has 0 bridgehead atoms. The SMILES string of the molecule is COc1ccc(OC2CCC3(CC2)C(=O)N(CC(=O)NCC(F)(F)F)c2ccccc23)cc1C(N)=O. The van der Waals surface area contributed by atoms with E-state index in [0.717, 1.165) is 5.56 Å². The molecule has 0 saturated heterocycles. The van der Waals surface area contributed by atoms with Crippen LogP contribution >= 0.6 is 0 Å². The Balaban J connectivity index is 1.47. The zero-order chi connectivity index (χ0) is 26.1. The Morgan fingerprint density at radius 2 is 1.86 bits per heavy atom. The summed E-state index contributed by atoms with van der Waals surface area (Å²) in [5.41, 5.74) is 6.03. The summed E-state index contributed by atoms with van der Waals surface area (Å²) in [6.07, 6.45) is -2.85. The molecular formula is C25H26F3N3O5. The molecule has 4 rings (SSSR count). The number of carbonyl (C=O) groups excluding carboxylic acids is 3. The molecule has 1 saturated carbocycles. The molecule has 0 aromatic heterocycles. The zero-order valence-electron chi connectivity index (χ0n) is 19.6. The van der Waals surface area contributed by atoms with Crippen LogP contribution < -0.4 is 25.4 Å². The number of halogens is 3. The summed E-state index contributed by atoms with van der Waals surface area (Å²) in [6, 6.07) is 11.8. The van der Waals surface area contributed by atoms with E-state index in [1.54, 1.807) is 30.3 Å². The zero-order valence-corrected chi connectivity index (χ0v) is 19.6. The third kappa shape index (κ3) is 4.95. The number of nitrogens with one attached hydrogen (secondary N) is 1. The van der Waals surface area contributed by atoms with Gasteiger partial charge >= 0.3 is 6.18 Å². The summed E-state index contributed by atoms with van der Waals surface area (Å²) in [6.45, 7) is -1.95. The molecule has 36 heavy (non-hydrogen) atoms. The number of fused-ring (bicyclic) bond motifs is 2. The molecular weight excluding hydrogens is 479 g/mol. The molecule has 1 heterocycles. The molecule has 2 aromatic rings. The molecule has 1 spiro atoms. The Bertz CT molecular complexity index is 1180. The van der Waals surface area contributed by atoms with Gasteiger partial charge in [0, 0.05) is 5.69 Å². The summed E-state index contributed by atoms with van der Waals surface area (Å²) in [7, 11) is 1.43. The van der Waals surface area contributed by atoms with Gasteiger partial charge < -0.3 is 25.4 Å². The minimum atomic E-state index is -4.54. The number of amides is 3. The van der Waals surface area contributed by atoms with E-state index in [2.05, 4.69) is 0 Å².